The summed E-state index contributed by atoms with van der Waals surface area (Å²) in [5.41, 5.74) is 1.76. The minimum absolute atomic E-state index is 0.00392. The molecule has 0 aliphatic heterocycles. The van der Waals surface area contributed by atoms with E-state index in [1.807, 2.05) is 79.4 Å². The van der Waals surface area contributed by atoms with Crippen molar-refractivity contribution in [2.45, 2.75) is 26.4 Å². The average Bonchev–Trinajstić information content (AvgIpc) is 2.78. The Morgan fingerprint density at radius 2 is 1.37 bits per heavy atom. The van der Waals surface area contributed by atoms with E-state index in [9.17, 15) is 4.79 Å². The number of ether oxygens (including phenoxy) is 1. The van der Waals surface area contributed by atoms with Gasteiger partial charge in [-0.2, -0.15) is 0 Å². The van der Waals surface area contributed by atoms with E-state index >= 15 is 0 Å². The van der Waals surface area contributed by atoms with Gasteiger partial charge >= 0.3 is 0 Å². The molecule has 1 amide bonds. The molecule has 4 rings (SSSR count). The number of amides is 1. The SMILES string of the molecule is COc1ccc(C(=O)N(Cc2c3ccccc3c(Cl)c3ccccc23)C(C)C)cc1. The summed E-state index contributed by atoms with van der Waals surface area (Å²) in [7, 11) is 1.62. The molecule has 0 radical (unpaired) electrons. The molecule has 152 valence electrons. The van der Waals surface area contributed by atoms with Crippen molar-refractivity contribution in [3.63, 3.8) is 0 Å². The Morgan fingerprint density at radius 3 is 1.83 bits per heavy atom. The normalized spacial score (nSPS) is 11.2. The van der Waals surface area contributed by atoms with Crippen LogP contribution in [0.5, 0.6) is 5.75 Å². The smallest absolute Gasteiger partial charge is 0.254 e. The van der Waals surface area contributed by atoms with Crippen molar-refractivity contribution in [2.75, 3.05) is 7.11 Å². The van der Waals surface area contributed by atoms with Crippen LogP contribution in [0.3, 0.4) is 0 Å². The van der Waals surface area contributed by atoms with E-state index < -0.39 is 0 Å². The fourth-order valence-corrected chi connectivity index (χ4v) is 4.22. The van der Waals surface area contributed by atoms with Crippen LogP contribution in [-0.2, 0) is 6.54 Å². The van der Waals surface area contributed by atoms with Crippen LogP contribution in [0.1, 0.15) is 29.8 Å². The Labute approximate surface area is 181 Å². The largest absolute Gasteiger partial charge is 0.497 e. The van der Waals surface area contributed by atoms with Crippen molar-refractivity contribution in [3.05, 3.63) is 88.9 Å². The van der Waals surface area contributed by atoms with Crippen LogP contribution in [0.2, 0.25) is 5.02 Å². The lowest BCUT2D eigenvalue weighted by Gasteiger charge is -2.28. The van der Waals surface area contributed by atoms with Crippen LogP contribution < -0.4 is 4.74 Å². The maximum Gasteiger partial charge on any atom is 0.254 e. The Morgan fingerprint density at radius 1 is 0.867 bits per heavy atom. The van der Waals surface area contributed by atoms with Gasteiger partial charge in [0, 0.05) is 28.9 Å². The number of methoxy groups -OCH3 is 1. The summed E-state index contributed by atoms with van der Waals surface area (Å²) in [6.07, 6.45) is 0. The molecule has 4 aromatic carbocycles. The molecule has 4 aromatic rings. The molecule has 0 aliphatic carbocycles. The van der Waals surface area contributed by atoms with Crippen molar-refractivity contribution in [2.24, 2.45) is 0 Å². The van der Waals surface area contributed by atoms with Crippen LogP contribution in [0.15, 0.2) is 72.8 Å². The van der Waals surface area contributed by atoms with Crippen LogP contribution in [-0.4, -0.2) is 24.0 Å². The lowest BCUT2D eigenvalue weighted by Crippen LogP contribution is -2.36. The summed E-state index contributed by atoms with van der Waals surface area (Å²) >= 11 is 6.74. The third-order valence-electron chi connectivity index (χ3n) is 5.53. The van der Waals surface area contributed by atoms with E-state index in [0.717, 1.165) is 37.9 Å². The minimum Gasteiger partial charge on any atom is -0.497 e. The molecule has 30 heavy (non-hydrogen) atoms. The first-order valence-corrected chi connectivity index (χ1v) is 10.4. The van der Waals surface area contributed by atoms with Gasteiger partial charge in [0.15, 0.2) is 0 Å². The van der Waals surface area contributed by atoms with E-state index in [2.05, 4.69) is 12.1 Å². The van der Waals surface area contributed by atoms with Gasteiger partial charge in [-0.1, -0.05) is 60.1 Å². The molecule has 0 bridgehead atoms. The third-order valence-corrected chi connectivity index (χ3v) is 5.93. The number of hydrogen-bond acceptors (Lipinski definition) is 2. The maximum atomic E-state index is 13.4. The highest BCUT2D eigenvalue weighted by molar-refractivity contribution is 6.41. The predicted octanol–water partition coefficient (Wildman–Crippen LogP) is 6.71. The summed E-state index contributed by atoms with van der Waals surface area (Å²) in [6.45, 7) is 4.59. The second-order valence-electron chi connectivity index (χ2n) is 7.64. The summed E-state index contributed by atoms with van der Waals surface area (Å²) in [5.74, 6) is 0.730. The number of halogens is 1. The molecule has 3 nitrogen and oxygen atoms in total. The third kappa shape index (κ3) is 3.61. The van der Waals surface area contributed by atoms with Gasteiger partial charge in [-0.05, 0) is 54.4 Å². The molecule has 0 aromatic heterocycles. The van der Waals surface area contributed by atoms with Gasteiger partial charge < -0.3 is 9.64 Å². The van der Waals surface area contributed by atoms with E-state index in [-0.39, 0.29) is 11.9 Å². The lowest BCUT2D eigenvalue weighted by atomic mass is 9.95. The average molecular weight is 418 g/mol. The van der Waals surface area contributed by atoms with E-state index in [4.69, 9.17) is 16.3 Å². The van der Waals surface area contributed by atoms with Crippen molar-refractivity contribution < 1.29 is 9.53 Å². The van der Waals surface area contributed by atoms with Crippen molar-refractivity contribution in [1.82, 2.24) is 4.90 Å². The first-order valence-electron chi connectivity index (χ1n) is 10.0. The fourth-order valence-electron chi connectivity index (χ4n) is 3.89. The van der Waals surface area contributed by atoms with Gasteiger partial charge in [0.05, 0.1) is 12.1 Å². The summed E-state index contributed by atoms with van der Waals surface area (Å²) in [6, 6.07) is 23.6. The van der Waals surface area contributed by atoms with Crippen LogP contribution in [0, 0.1) is 0 Å². The second-order valence-corrected chi connectivity index (χ2v) is 8.02. The molecule has 0 atom stereocenters. The zero-order chi connectivity index (χ0) is 21.3. The number of nitrogens with zero attached hydrogens (tertiary/aromatic N) is 1. The molecule has 0 saturated heterocycles. The topological polar surface area (TPSA) is 29.5 Å². The first-order chi connectivity index (χ1) is 14.5. The molecule has 0 saturated carbocycles. The molecular formula is C26H24ClNO2. The zero-order valence-electron chi connectivity index (χ0n) is 17.4. The second kappa shape index (κ2) is 8.37. The lowest BCUT2D eigenvalue weighted by molar-refractivity contribution is 0.0692. The first kappa shape index (κ1) is 20.2. The molecule has 0 N–H and O–H groups in total. The zero-order valence-corrected chi connectivity index (χ0v) is 18.1. The maximum absolute atomic E-state index is 13.4. The number of fused-ring (bicyclic) bond motifs is 2. The number of carbonyl (C=O) groups excluding carboxylic acids is 1. The van der Waals surface area contributed by atoms with Crippen molar-refractivity contribution >= 4 is 39.1 Å². The predicted molar refractivity (Wildman–Crippen MR) is 124 cm³/mol. The molecular weight excluding hydrogens is 394 g/mol. The van der Waals surface area contributed by atoms with Crippen molar-refractivity contribution in [3.8, 4) is 5.75 Å². The van der Waals surface area contributed by atoms with E-state index in [0.29, 0.717) is 12.1 Å². The number of benzene rings is 4. The summed E-state index contributed by atoms with van der Waals surface area (Å²) < 4.78 is 5.22. The number of carbonyl (C=O) groups is 1. The van der Waals surface area contributed by atoms with E-state index in [1.54, 1.807) is 7.11 Å². The monoisotopic (exact) mass is 417 g/mol. The van der Waals surface area contributed by atoms with Gasteiger partial charge in [-0.3, -0.25) is 4.79 Å². The van der Waals surface area contributed by atoms with Crippen molar-refractivity contribution in [1.29, 1.82) is 0 Å². The highest BCUT2D eigenvalue weighted by Crippen LogP contribution is 2.37. The minimum atomic E-state index is -0.00392. The van der Waals surface area contributed by atoms with Gasteiger partial charge in [0.1, 0.15) is 5.75 Å². The molecule has 0 heterocycles. The molecule has 0 aliphatic rings. The standard InChI is InChI=1S/C26H24ClNO2/c1-17(2)28(26(29)18-12-14-19(30-3)15-13-18)16-24-20-8-4-6-10-22(20)25(27)23-11-7-5-9-21(23)24/h4-15,17H,16H2,1-3H3. The Hall–Kier alpha value is -3.04. The Bertz CT molecular complexity index is 1160. The van der Waals surface area contributed by atoms with Gasteiger partial charge in [0.2, 0.25) is 0 Å². The summed E-state index contributed by atoms with van der Waals surface area (Å²) in [4.78, 5) is 15.3. The number of rotatable bonds is 5. The molecule has 0 unspecified atom stereocenters. The highest BCUT2D eigenvalue weighted by atomic mass is 35.5. The molecule has 4 heteroatoms. The van der Waals surface area contributed by atoms with Gasteiger partial charge in [0.25, 0.3) is 5.91 Å². The van der Waals surface area contributed by atoms with Crippen LogP contribution in [0.25, 0.3) is 21.5 Å². The van der Waals surface area contributed by atoms with E-state index in [1.165, 1.54) is 0 Å². The number of hydrogen-bond donors (Lipinski definition) is 0. The highest BCUT2D eigenvalue weighted by Gasteiger charge is 2.22. The van der Waals surface area contributed by atoms with Gasteiger partial charge in [-0.15, -0.1) is 0 Å². The van der Waals surface area contributed by atoms with Crippen LogP contribution in [0.4, 0.5) is 0 Å². The van der Waals surface area contributed by atoms with Crippen LogP contribution >= 0.6 is 11.6 Å². The molecule has 0 spiro atoms. The Balaban J connectivity index is 1.83. The Kier molecular flexibility index (Phi) is 5.65. The van der Waals surface area contributed by atoms with Gasteiger partial charge in [-0.25, -0.2) is 0 Å². The molecule has 0 fully saturated rings. The quantitative estimate of drug-likeness (QED) is 0.338. The summed E-state index contributed by atoms with van der Waals surface area (Å²) in [5, 5.41) is 4.92. The fraction of sp³-hybridized carbons (Fsp3) is 0.192.